The van der Waals surface area contributed by atoms with Crippen LogP contribution < -0.4 is 19.1 Å². The molecule has 0 heterocycles. The summed E-state index contributed by atoms with van der Waals surface area (Å²) in [6.07, 6.45) is 0.990. The number of amides is 1. The number of hydrogen-bond acceptors (Lipinski definition) is 6. The van der Waals surface area contributed by atoms with Gasteiger partial charge in [-0.15, -0.1) is 0 Å². The summed E-state index contributed by atoms with van der Waals surface area (Å²) >= 11 is 6.12. The van der Waals surface area contributed by atoms with Crippen molar-refractivity contribution in [1.82, 2.24) is 0 Å². The number of nitrogens with one attached hydrogen (secondary N) is 2. The van der Waals surface area contributed by atoms with Gasteiger partial charge in [-0.25, -0.2) is 16.8 Å². The second-order valence-electron chi connectivity index (χ2n) is 8.08. The molecule has 0 spiro atoms. The van der Waals surface area contributed by atoms with E-state index in [1.54, 1.807) is 37.3 Å². The average molecular weight is 552 g/mol. The second-order valence-corrected chi connectivity index (χ2v) is 12.1. The molecule has 3 aromatic carbocycles. The van der Waals surface area contributed by atoms with Crippen molar-refractivity contribution in [1.29, 1.82) is 0 Å². The Bertz CT molecular complexity index is 1490. The first-order chi connectivity index (χ1) is 16.8. The first-order valence-corrected chi connectivity index (χ1v) is 14.3. The van der Waals surface area contributed by atoms with Gasteiger partial charge in [0.05, 0.1) is 29.6 Å². The molecule has 0 aliphatic carbocycles. The largest absolute Gasteiger partial charge is 0.495 e. The predicted octanol–water partition coefficient (Wildman–Crippen LogP) is 4.17. The lowest BCUT2D eigenvalue weighted by atomic mass is 10.2. The van der Waals surface area contributed by atoms with E-state index in [9.17, 15) is 21.6 Å². The lowest BCUT2D eigenvalue weighted by molar-refractivity contribution is -0.114. The van der Waals surface area contributed by atoms with Gasteiger partial charge in [0.2, 0.25) is 15.9 Å². The molecule has 36 heavy (non-hydrogen) atoms. The number of rotatable bonds is 9. The van der Waals surface area contributed by atoms with Crippen molar-refractivity contribution in [3.63, 3.8) is 0 Å². The smallest absolute Gasteiger partial charge is 0.262 e. The summed E-state index contributed by atoms with van der Waals surface area (Å²) in [7, 11) is -6.27. The van der Waals surface area contributed by atoms with E-state index >= 15 is 0 Å². The second kappa shape index (κ2) is 10.8. The van der Waals surface area contributed by atoms with Crippen LogP contribution in [0.25, 0.3) is 0 Å². The van der Waals surface area contributed by atoms with Gasteiger partial charge in [0.1, 0.15) is 12.3 Å². The van der Waals surface area contributed by atoms with E-state index in [1.165, 1.54) is 37.4 Å². The van der Waals surface area contributed by atoms with Gasteiger partial charge < -0.3 is 10.1 Å². The van der Waals surface area contributed by atoms with Crippen LogP contribution in [0.4, 0.5) is 17.1 Å². The summed E-state index contributed by atoms with van der Waals surface area (Å²) in [5.74, 6) is -0.242. The maximum absolute atomic E-state index is 12.8. The number of methoxy groups -OCH3 is 1. The number of ether oxygens (including phenoxy) is 1. The number of anilines is 3. The van der Waals surface area contributed by atoms with E-state index in [1.807, 2.05) is 6.92 Å². The molecule has 12 heteroatoms. The van der Waals surface area contributed by atoms with E-state index in [2.05, 4.69) is 10.0 Å². The zero-order valence-electron chi connectivity index (χ0n) is 20.1. The fourth-order valence-electron chi connectivity index (χ4n) is 3.29. The van der Waals surface area contributed by atoms with Crippen LogP contribution in [-0.2, 0) is 24.8 Å². The summed E-state index contributed by atoms with van der Waals surface area (Å²) in [6, 6.07) is 15.3. The Labute approximate surface area is 216 Å². The summed E-state index contributed by atoms with van der Waals surface area (Å²) in [4.78, 5) is 12.6. The monoisotopic (exact) mass is 551 g/mol. The van der Waals surface area contributed by atoms with E-state index in [0.717, 1.165) is 21.7 Å². The van der Waals surface area contributed by atoms with Crippen LogP contribution in [0.15, 0.2) is 65.6 Å². The number of benzene rings is 3. The average Bonchev–Trinajstić information content (AvgIpc) is 2.79. The van der Waals surface area contributed by atoms with E-state index in [4.69, 9.17) is 16.3 Å². The minimum absolute atomic E-state index is 0.0314. The fraction of sp³-hybridized carbons (Fsp3) is 0.208. The molecule has 0 unspecified atom stereocenters. The molecular formula is C24H26ClN3O6S2. The highest BCUT2D eigenvalue weighted by Gasteiger charge is 2.22. The predicted molar refractivity (Wildman–Crippen MR) is 142 cm³/mol. The van der Waals surface area contributed by atoms with Crippen LogP contribution in [0, 0.1) is 13.8 Å². The van der Waals surface area contributed by atoms with Crippen molar-refractivity contribution in [3.8, 4) is 5.75 Å². The lowest BCUT2D eigenvalue weighted by Crippen LogP contribution is -2.37. The summed E-state index contributed by atoms with van der Waals surface area (Å²) < 4.78 is 58.9. The molecule has 3 rings (SSSR count). The van der Waals surface area contributed by atoms with Crippen LogP contribution in [-0.4, -0.2) is 42.7 Å². The molecule has 0 saturated carbocycles. The molecule has 192 valence electrons. The first-order valence-electron chi connectivity index (χ1n) is 10.6. The number of carbonyl (C=O) groups excluding carboxylic acids is 1. The number of sulfonamides is 2. The van der Waals surface area contributed by atoms with Gasteiger partial charge >= 0.3 is 0 Å². The highest BCUT2D eigenvalue weighted by atomic mass is 35.5. The molecule has 3 aromatic rings. The highest BCUT2D eigenvalue weighted by Crippen LogP contribution is 2.28. The summed E-state index contributed by atoms with van der Waals surface area (Å²) in [5.41, 5.74) is 2.46. The highest BCUT2D eigenvalue weighted by molar-refractivity contribution is 7.92. The molecule has 0 saturated heterocycles. The molecule has 2 N–H and O–H groups in total. The number of hydrogen-bond donors (Lipinski definition) is 2. The quantitative estimate of drug-likeness (QED) is 0.411. The molecule has 0 bridgehead atoms. The van der Waals surface area contributed by atoms with Crippen LogP contribution in [0.1, 0.15) is 11.1 Å². The van der Waals surface area contributed by atoms with Gasteiger partial charge in [0.25, 0.3) is 10.0 Å². The Kier molecular flexibility index (Phi) is 8.17. The standard InChI is InChI=1S/C24H26ClN3O6S2/c1-16-5-12-23(34-3)22(13-16)27-36(32,33)20-10-7-18(8-11-20)26-24(29)15-28(35(4,30)31)19-9-6-17(2)21(25)14-19/h5-14,27H,15H2,1-4H3,(H,26,29). The van der Waals surface area contributed by atoms with E-state index < -0.39 is 32.5 Å². The van der Waals surface area contributed by atoms with Crippen LogP contribution in [0.5, 0.6) is 5.75 Å². The zero-order chi connectivity index (χ0) is 26.7. The maximum atomic E-state index is 12.8. The van der Waals surface area contributed by atoms with Gasteiger partial charge in [0, 0.05) is 10.7 Å². The Balaban J connectivity index is 1.75. The van der Waals surface area contributed by atoms with Crippen molar-refractivity contribution in [3.05, 3.63) is 76.8 Å². The van der Waals surface area contributed by atoms with Gasteiger partial charge in [-0.1, -0.05) is 23.7 Å². The van der Waals surface area contributed by atoms with Crippen molar-refractivity contribution >= 4 is 54.6 Å². The van der Waals surface area contributed by atoms with Gasteiger partial charge in [0.15, 0.2) is 0 Å². The number of nitrogens with zero attached hydrogens (tertiary/aromatic N) is 1. The van der Waals surface area contributed by atoms with Crippen LogP contribution in [0.2, 0.25) is 5.02 Å². The minimum Gasteiger partial charge on any atom is -0.495 e. The van der Waals surface area contributed by atoms with Gasteiger partial charge in [-0.05, 0) is 73.5 Å². The van der Waals surface area contributed by atoms with Crippen LogP contribution >= 0.6 is 11.6 Å². The summed E-state index contributed by atoms with van der Waals surface area (Å²) in [5, 5.41) is 2.95. The molecule has 0 atom stereocenters. The van der Waals surface area contributed by atoms with Crippen LogP contribution in [0.3, 0.4) is 0 Å². The molecule has 1 amide bonds. The topological polar surface area (TPSA) is 122 Å². The van der Waals surface area contributed by atoms with Crippen molar-refractivity contribution < 1.29 is 26.4 Å². The Morgan fingerprint density at radius 3 is 2.22 bits per heavy atom. The first kappa shape index (κ1) is 27.3. The van der Waals surface area contributed by atoms with Crippen molar-refractivity contribution in [2.75, 3.05) is 34.3 Å². The molecular weight excluding hydrogens is 526 g/mol. The fourth-order valence-corrected chi connectivity index (χ4v) is 5.37. The third kappa shape index (κ3) is 6.68. The number of aryl methyl sites for hydroxylation is 2. The Morgan fingerprint density at radius 1 is 0.972 bits per heavy atom. The Hall–Kier alpha value is -3.28. The molecule has 0 aliphatic heterocycles. The minimum atomic E-state index is -3.93. The molecule has 0 aliphatic rings. The van der Waals surface area contributed by atoms with Crippen molar-refractivity contribution in [2.24, 2.45) is 0 Å². The maximum Gasteiger partial charge on any atom is 0.262 e. The SMILES string of the molecule is COc1ccc(C)cc1NS(=O)(=O)c1ccc(NC(=O)CN(c2ccc(C)c(Cl)c2)S(C)(=O)=O)cc1. The number of carbonyl (C=O) groups is 1. The molecule has 0 aromatic heterocycles. The van der Waals surface area contributed by atoms with Crippen molar-refractivity contribution in [2.45, 2.75) is 18.7 Å². The third-order valence-electron chi connectivity index (χ3n) is 5.18. The lowest BCUT2D eigenvalue weighted by Gasteiger charge is -2.22. The number of halogens is 1. The Morgan fingerprint density at radius 2 is 1.64 bits per heavy atom. The zero-order valence-corrected chi connectivity index (χ0v) is 22.5. The normalized spacial score (nSPS) is 11.6. The third-order valence-corrected chi connectivity index (χ3v) is 8.11. The van der Waals surface area contributed by atoms with E-state index in [0.29, 0.717) is 22.1 Å². The molecule has 0 fully saturated rings. The molecule has 9 nitrogen and oxygen atoms in total. The van der Waals surface area contributed by atoms with E-state index in [-0.39, 0.29) is 10.6 Å². The van der Waals surface area contributed by atoms with Gasteiger partial charge in [-0.3, -0.25) is 13.8 Å². The molecule has 0 radical (unpaired) electrons. The summed E-state index contributed by atoms with van der Waals surface area (Å²) in [6.45, 7) is 3.11. The van der Waals surface area contributed by atoms with Gasteiger partial charge in [-0.2, -0.15) is 0 Å².